The Morgan fingerprint density at radius 1 is 1.06 bits per heavy atom. The van der Waals surface area contributed by atoms with E-state index in [0.717, 1.165) is 49.0 Å². The summed E-state index contributed by atoms with van der Waals surface area (Å²) in [6.07, 6.45) is 11.6. The highest BCUT2D eigenvalue weighted by molar-refractivity contribution is 7.22. The van der Waals surface area contributed by atoms with Crippen molar-refractivity contribution in [1.82, 2.24) is 14.4 Å². The van der Waals surface area contributed by atoms with Crippen molar-refractivity contribution in [2.45, 2.75) is 44.6 Å². The number of hydrogen-bond donors (Lipinski definition) is 1. The zero-order valence-electron chi connectivity index (χ0n) is 18.3. The molecular formula is C25H29N5OS. The highest BCUT2D eigenvalue weighted by atomic mass is 32.1. The average Bonchev–Trinajstić information content (AvgIpc) is 3.43. The zero-order valence-corrected chi connectivity index (χ0v) is 19.1. The molecule has 1 aromatic carbocycles. The van der Waals surface area contributed by atoms with Gasteiger partial charge in [-0.25, -0.2) is 9.97 Å². The Morgan fingerprint density at radius 3 is 2.81 bits per heavy atom. The summed E-state index contributed by atoms with van der Waals surface area (Å²) < 4.78 is 8.94. The number of ether oxygens (including phenoxy) is 1. The molecular weight excluding hydrogens is 418 g/mol. The van der Waals surface area contributed by atoms with E-state index in [1.807, 2.05) is 6.20 Å². The van der Waals surface area contributed by atoms with Crippen LogP contribution in [0.15, 0.2) is 42.7 Å². The van der Waals surface area contributed by atoms with Crippen LogP contribution in [0, 0.1) is 0 Å². The van der Waals surface area contributed by atoms with Crippen LogP contribution in [0.4, 0.5) is 10.8 Å². The minimum atomic E-state index is 0.587. The second-order valence-electron chi connectivity index (χ2n) is 8.94. The van der Waals surface area contributed by atoms with E-state index in [4.69, 9.17) is 9.72 Å². The summed E-state index contributed by atoms with van der Waals surface area (Å²) in [7, 11) is 0. The SMILES string of the molecule is c1cc2nc(NC3CCCCC3)sc2cc1Cc1cnc2cc(N3CCOCC3)ccn12. The number of fused-ring (bicyclic) bond motifs is 2. The lowest BCUT2D eigenvalue weighted by Gasteiger charge is -2.28. The van der Waals surface area contributed by atoms with Crippen LogP contribution in [0.2, 0.25) is 0 Å². The summed E-state index contributed by atoms with van der Waals surface area (Å²) >= 11 is 1.78. The molecule has 2 fully saturated rings. The number of imidazole rings is 1. The molecule has 1 saturated heterocycles. The number of nitrogens with one attached hydrogen (secondary N) is 1. The largest absolute Gasteiger partial charge is 0.378 e. The molecule has 1 N–H and O–H groups in total. The first-order valence-corrected chi connectivity index (χ1v) is 12.6. The predicted molar refractivity (Wildman–Crippen MR) is 131 cm³/mol. The van der Waals surface area contributed by atoms with Crippen molar-refractivity contribution in [3.05, 3.63) is 54.0 Å². The van der Waals surface area contributed by atoms with Crippen molar-refractivity contribution in [3.8, 4) is 0 Å². The quantitative estimate of drug-likeness (QED) is 0.460. The third kappa shape index (κ3) is 4.07. The fourth-order valence-corrected chi connectivity index (χ4v) is 5.95. The Kier molecular flexibility index (Phi) is 5.45. The summed E-state index contributed by atoms with van der Waals surface area (Å²) in [6.45, 7) is 3.47. The molecule has 3 aromatic heterocycles. The lowest BCUT2D eigenvalue weighted by atomic mass is 9.96. The molecule has 4 heterocycles. The molecule has 0 spiro atoms. The van der Waals surface area contributed by atoms with Crippen LogP contribution in [0.5, 0.6) is 0 Å². The monoisotopic (exact) mass is 447 g/mol. The van der Waals surface area contributed by atoms with E-state index in [-0.39, 0.29) is 0 Å². The smallest absolute Gasteiger partial charge is 0.184 e. The van der Waals surface area contributed by atoms with Crippen LogP contribution in [0.1, 0.15) is 43.4 Å². The lowest BCUT2D eigenvalue weighted by Crippen LogP contribution is -2.36. The Balaban J connectivity index is 1.20. The van der Waals surface area contributed by atoms with Crippen LogP contribution in [-0.4, -0.2) is 46.7 Å². The van der Waals surface area contributed by atoms with Gasteiger partial charge in [-0.05, 0) is 36.6 Å². The van der Waals surface area contributed by atoms with Gasteiger partial charge in [0.25, 0.3) is 0 Å². The van der Waals surface area contributed by atoms with Crippen LogP contribution in [0.25, 0.3) is 15.9 Å². The van der Waals surface area contributed by atoms with Crippen LogP contribution in [0.3, 0.4) is 0 Å². The molecule has 1 aliphatic heterocycles. The van der Waals surface area contributed by atoms with Crippen molar-refractivity contribution in [2.24, 2.45) is 0 Å². The van der Waals surface area contributed by atoms with Gasteiger partial charge in [0, 0.05) is 55.4 Å². The molecule has 0 atom stereocenters. The standard InChI is InChI=1S/C25H29N5OS/c1-2-4-19(5-3-1)27-25-28-22-7-6-18(15-23(22)32-25)14-21-17-26-24-16-20(8-9-30(21)24)29-10-12-31-13-11-29/h6-9,15-17,19H,1-5,10-14H2,(H,27,28). The molecule has 32 heavy (non-hydrogen) atoms. The molecule has 0 bridgehead atoms. The molecule has 7 heteroatoms. The van der Waals surface area contributed by atoms with Gasteiger partial charge >= 0.3 is 0 Å². The molecule has 0 radical (unpaired) electrons. The first-order chi connectivity index (χ1) is 15.8. The highest BCUT2D eigenvalue weighted by Gasteiger charge is 2.16. The predicted octanol–water partition coefficient (Wildman–Crippen LogP) is 5.12. The maximum atomic E-state index is 5.48. The maximum absolute atomic E-state index is 5.48. The topological polar surface area (TPSA) is 54.7 Å². The van der Waals surface area contributed by atoms with Gasteiger partial charge in [0.1, 0.15) is 5.65 Å². The molecule has 1 aliphatic carbocycles. The van der Waals surface area contributed by atoms with Crippen molar-refractivity contribution in [1.29, 1.82) is 0 Å². The minimum Gasteiger partial charge on any atom is -0.378 e. The number of anilines is 2. The molecule has 0 unspecified atom stereocenters. The number of aromatic nitrogens is 3. The van der Waals surface area contributed by atoms with Crippen molar-refractivity contribution >= 4 is 38.0 Å². The van der Waals surface area contributed by atoms with E-state index in [1.54, 1.807) is 11.3 Å². The fraction of sp³-hybridized carbons (Fsp3) is 0.440. The van der Waals surface area contributed by atoms with E-state index in [1.165, 1.54) is 53.7 Å². The van der Waals surface area contributed by atoms with Gasteiger partial charge in [-0.15, -0.1) is 0 Å². The Bertz CT molecular complexity index is 1220. The molecule has 6 nitrogen and oxygen atoms in total. The Morgan fingerprint density at radius 2 is 1.94 bits per heavy atom. The van der Waals surface area contributed by atoms with Crippen molar-refractivity contribution in [2.75, 3.05) is 36.5 Å². The maximum Gasteiger partial charge on any atom is 0.184 e. The van der Waals surface area contributed by atoms with Gasteiger partial charge < -0.3 is 19.4 Å². The second kappa shape index (κ2) is 8.71. The van der Waals surface area contributed by atoms with Gasteiger partial charge in [0.2, 0.25) is 0 Å². The van der Waals surface area contributed by atoms with Crippen molar-refractivity contribution < 1.29 is 4.74 Å². The van der Waals surface area contributed by atoms with Gasteiger partial charge in [-0.1, -0.05) is 36.7 Å². The number of benzene rings is 1. The normalized spacial score (nSPS) is 17.9. The van der Waals surface area contributed by atoms with Crippen LogP contribution < -0.4 is 10.2 Å². The number of hydrogen-bond acceptors (Lipinski definition) is 6. The molecule has 166 valence electrons. The molecule has 0 amide bonds. The Hall–Kier alpha value is -2.64. The summed E-state index contributed by atoms with van der Waals surface area (Å²) in [4.78, 5) is 11.9. The first kappa shape index (κ1) is 20.0. The number of morpholine rings is 1. The minimum absolute atomic E-state index is 0.587. The first-order valence-electron chi connectivity index (χ1n) is 11.8. The van der Waals surface area contributed by atoms with Crippen molar-refractivity contribution in [3.63, 3.8) is 0 Å². The number of rotatable bonds is 5. The highest BCUT2D eigenvalue weighted by Crippen LogP contribution is 2.30. The number of pyridine rings is 1. The summed E-state index contributed by atoms with van der Waals surface area (Å²) in [5, 5.41) is 4.74. The number of nitrogens with zero attached hydrogens (tertiary/aromatic N) is 4. The van der Waals surface area contributed by atoms with Gasteiger partial charge in [0.15, 0.2) is 5.13 Å². The van der Waals surface area contributed by atoms with E-state index < -0.39 is 0 Å². The van der Waals surface area contributed by atoms with Crippen LogP contribution in [-0.2, 0) is 11.2 Å². The van der Waals surface area contributed by atoms with E-state index in [9.17, 15) is 0 Å². The third-order valence-electron chi connectivity index (χ3n) is 6.72. The van der Waals surface area contributed by atoms with E-state index >= 15 is 0 Å². The molecule has 4 aromatic rings. The Labute approximate surface area is 192 Å². The second-order valence-corrected chi connectivity index (χ2v) is 9.97. The number of thiazole rings is 1. The molecule has 1 saturated carbocycles. The fourth-order valence-electron chi connectivity index (χ4n) is 4.94. The summed E-state index contributed by atoms with van der Waals surface area (Å²) in [5.74, 6) is 0. The van der Waals surface area contributed by atoms with Gasteiger partial charge in [-0.3, -0.25) is 0 Å². The molecule has 2 aliphatic rings. The van der Waals surface area contributed by atoms with E-state index in [2.05, 4.69) is 56.1 Å². The summed E-state index contributed by atoms with van der Waals surface area (Å²) in [5.41, 5.74) is 5.82. The summed E-state index contributed by atoms with van der Waals surface area (Å²) in [6, 6.07) is 11.6. The van der Waals surface area contributed by atoms with Crippen LogP contribution >= 0.6 is 11.3 Å². The molecule has 6 rings (SSSR count). The zero-order chi connectivity index (χ0) is 21.3. The lowest BCUT2D eigenvalue weighted by molar-refractivity contribution is 0.122. The average molecular weight is 448 g/mol. The van der Waals surface area contributed by atoms with Gasteiger partial charge in [0.05, 0.1) is 23.4 Å². The van der Waals surface area contributed by atoms with Gasteiger partial charge in [-0.2, -0.15) is 0 Å². The third-order valence-corrected chi connectivity index (χ3v) is 7.67. The van der Waals surface area contributed by atoms with E-state index in [0.29, 0.717) is 6.04 Å².